The molecule has 1 aliphatic carbocycles. The number of amides is 1. The Bertz CT molecular complexity index is 1030. The summed E-state index contributed by atoms with van der Waals surface area (Å²) in [4.78, 5) is 23.2. The molecule has 1 aromatic heterocycles. The molecular weight excluding hydrogens is 344 g/mol. The summed E-state index contributed by atoms with van der Waals surface area (Å²) in [6.45, 7) is 0.832. The molecule has 1 amide bonds. The van der Waals surface area contributed by atoms with Crippen LogP contribution < -0.4 is 10.5 Å². The van der Waals surface area contributed by atoms with E-state index in [4.69, 9.17) is 15.6 Å². The monoisotopic (exact) mass is 366 g/mol. The van der Waals surface area contributed by atoms with Gasteiger partial charge in [-0.3, -0.25) is 4.79 Å². The van der Waals surface area contributed by atoms with E-state index in [-0.39, 0.29) is 5.75 Å². The molecule has 3 aromatic rings. The van der Waals surface area contributed by atoms with Crippen LogP contribution in [0.5, 0.6) is 5.75 Å². The smallest absolute Gasteiger partial charge is 0.449 e. The van der Waals surface area contributed by atoms with Crippen LogP contribution in [0.25, 0.3) is 21.8 Å². The van der Waals surface area contributed by atoms with Gasteiger partial charge in [0.25, 0.3) is 0 Å². The largest absolute Gasteiger partial charge is 0.511 e. The van der Waals surface area contributed by atoms with Crippen LogP contribution in [0.15, 0.2) is 36.4 Å². The summed E-state index contributed by atoms with van der Waals surface area (Å²) < 4.78 is 7.21. The van der Waals surface area contributed by atoms with Crippen molar-refractivity contribution in [3.63, 3.8) is 0 Å². The van der Waals surface area contributed by atoms with Crippen LogP contribution in [0.1, 0.15) is 42.5 Å². The zero-order valence-electron chi connectivity index (χ0n) is 15.0. The van der Waals surface area contributed by atoms with Gasteiger partial charge in [-0.2, -0.15) is 0 Å². The number of fused-ring (bicyclic) bond motifs is 3. The maximum absolute atomic E-state index is 12.0. The van der Waals surface area contributed by atoms with Gasteiger partial charge >= 0.3 is 6.16 Å². The Kier molecular flexibility index (Phi) is 4.48. The van der Waals surface area contributed by atoms with Crippen molar-refractivity contribution in [3.05, 3.63) is 42.0 Å². The van der Waals surface area contributed by atoms with Crippen LogP contribution in [0.4, 0.5) is 4.79 Å². The van der Waals surface area contributed by atoms with Crippen molar-refractivity contribution < 1.29 is 19.4 Å². The fraction of sp³-hybridized carbons (Fsp3) is 0.333. The zero-order chi connectivity index (χ0) is 19.0. The topological polar surface area (TPSA) is 94.6 Å². The molecule has 0 radical (unpaired) electrons. The fourth-order valence-corrected chi connectivity index (χ4v) is 4.36. The van der Waals surface area contributed by atoms with Crippen LogP contribution in [0, 0.1) is 5.92 Å². The first-order chi connectivity index (χ1) is 13.1. The Morgan fingerprint density at radius 2 is 1.70 bits per heavy atom. The van der Waals surface area contributed by atoms with Gasteiger partial charge in [0.2, 0.25) is 5.91 Å². The van der Waals surface area contributed by atoms with Crippen LogP contribution >= 0.6 is 0 Å². The van der Waals surface area contributed by atoms with Gasteiger partial charge in [0.15, 0.2) is 0 Å². The van der Waals surface area contributed by atoms with E-state index in [0.717, 1.165) is 17.6 Å². The summed E-state index contributed by atoms with van der Waals surface area (Å²) in [5.74, 6) is 0.252. The lowest BCUT2D eigenvalue weighted by atomic mass is 9.89. The van der Waals surface area contributed by atoms with Crippen molar-refractivity contribution in [1.82, 2.24) is 4.57 Å². The van der Waals surface area contributed by atoms with E-state index in [0.29, 0.717) is 22.3 Å². The number of benzene rings is 2. The van der Waals surface area contributed by atoms with E-state index >= 15 is 0 Å². The van der Waals surface area contributed by atoms with Crippen LogP contribution in [-0.2, 0) is 6.54 Å². The molecule has 0 saturated heterocycles. The number of hydrogen-bond acceptors (Lipinski definition) is 3. The van der Waals surface area contributed by atoms with Crippen molar-refractivity contribution >= 4 is 33.9 Å². The molecule has 140 valence electrons. The van der Waals surface area contributed by atoms with Gasteiger partial charge in [0.05, 0.1) is 16.4 Å². The Morgan fingerprint density at radius 3 is 2.37 bits per heavy atom. The minimum absolute atomic E-state index is 0.223. The molecule has 1 saturated carbocycles. The number of ether oxygens (including phenoxy) is 1. The van der Waals surface area contributed by atoms with Gasteiger partial charge in [0.1, 0.15) is 5.75 Å². The molecule has 0 spiro atoms. The molecule has 1 aliphatic rings. The SMILES string of the molecule is NC(=O)c1cccc2c1c1c(OC(=O)O)cccc1n2CC1CCCCC1. The second-order valence-corrected chi connectivity index (χ2v) is 7.20. The maximum Gasteiger partial charge on any atom is 0.511 e. The van der Waals surface area contributed by atoms with Gasteiger partial charge in [-0.15, -0.1) is 0 Å². The first-order valence-electron chi connectivity index (χ1n) is 9.30. The molecule has 0 bridgehead atoms. The lowest BCUT2D eigenvalue weighted by Crippen LogP contribution is -2.14. The van der Waals surface area contributed by atoms with Crippen molar-refractivity contribution in [2.75, 3.05) is 0 Å². The molecule has 6 nitrogen and oxygen atoms in total. The van der Waals surface area contributed by atoms with E-state index in [9.17, 15) is 9.59 Å². The highest BCUT2D eigenvalue weighted by atomic mass is 16.7. The predicted octanol–water partition coefficient (Wildman–Crippen LogP) is 4.53. The third-order valence-electron chi connectivity index (χ3n) is 5.51. The molecule has 0 atom stereocenters. The van der Waals surface area contributed by atoms with Crippen LogP contribution in [0.3, 0.4) is 0 Å². The van der Waals surface area contributed by atoms with Crippen LogP contribution in [0.2, 0.25) is 0 Å². The van der Waals surface area contributed by atoms with Crippen LogP contribution in [-0.4, -0.2) is 21.7 Å². The number of carbonyl (C=O) groups is 2. The molecule has 1 fully saturated rings. The fourth-order valence-electron chi connectivity index (χ4n) is 4.36. The number of carboxylic acid groups (broad SMARTS) is 1. The molecule has 4 rings (SSSR count). The van der Waals surface area contributed by atoms with Crippen molar-refractivity contribution in [3.8, 4) is 5.75 Å². The van der Waals surface area contributed by atoms with Gasteiger partial charge in [-0.1, -0.05) is 31.4 Å². The average Bonchev–Trinajstić information content (AvgIpc) is 2.97. The zero-order valence-corrected chi connectivity index (χ0v) is 15.0. The third-order valence-corrected chi connectivity index (χ3v) is 5.51. The molecule has 3 N–H and O–H groups in total. The van der Waals surface area contributed by atoms with Gasteiger partial charge in [-0.25, -0.2) is 4.79 Å². The van der Waals surface area contributed by atoms with Crippen molar-refractivity contribution in [2.45, 2.75) is 38.6 Å². The maximum atomic E-state index is 12.0. The number of carbonyl (C=O) groups excluding carboxylic acids is 1. The summed E-state index contributed by atoms with van der Waals surface area (Å²) in [5.41, 5.74) is 7.73. The normalized spacial score (nSPS) is 15.3. The second kappa shape index (κ2) is 6.95. The molecule has 1 heterocycles. The molecule has 2 aromatic carbocycles. The Labute approximate surface area is 156 Å². The molecular formula is C21H22N2O4. The Hall–Kier alpha value is -3.02. The first kappa shape index (κ1) is 17.4. The number of nitrogens with zero attached hydrogens (tertiary/aromatic N) is 1. The summed E-state index contributed by atoms with van der Waals surface area (Å²) in [7, 11) is 0. The molecule has 27 heavy (non-hydrogen) atoms. The highest BCUT2D eigenvalue weighted by Crippen LogP contribution is 2.39. The summed E-state index contributed by atoms with van der Waals surface area (Å²) in [5, 5.41) is 10.4. The third kappa shape index (κ3) is 3.12. The van der Waals surface area contributed by atoms with Crippen molar-refractivity contribution in [1.29, 1.82) is 0 Å². The molecule has 0 unspecified atom stereocenters. The lowest BCUT2D eigenvalue weighted by Gasteiger charge is -2.23. The minimum atomic E-state index is -1.38. The predicted molar refractivity (Wildman–Crippen MR) is 103 cm³/mol. The van der Waals surface area contributed by atoms with Gasteiger partial charge in [-0.05, 0) is 43.0 Å². The van der Waals surface area contributed by atoms with Crippen molar-refractivity contribution in [2.24, 2.45) is 11.7 Å². The number of nitrogens with two attached hydrogens (primary N) is 1. The highest BCUT2D eigenvalue weighted by Gasteiger charge is 2.22. The summed E-state index contributed by atoms with van der Waals surface area (Å²) >= 11 is 0. The standard InChI is InChI=1S/C21H22N2O4/c22-20(24)14-8-4-9-15-18(14)19-16(10-5-11-17(19)27-21(25)26)23(15)12-13-6-2-1-3-7-13/h4-5,8-11,13H,1-3,6-7,12H2,(H2,22,24)(H,25,26). The summed E-state index contributed by atoms with van der Waals surface area (Å²) in [6, 6.07) is 10.8. The number of aromatic nitrogens is 1. The number of rotatable bonds is 4. The number of primary amides is 1. The number of hydrogen-bond donors (Lipinski definition) is 2. The van der Waals surface area contributed by atoms with E-state index in [2.05, 4.69) is 4.57 Å². The quantitative estimate of drug-likeness (QED) is 0.524. The lowest BCUT2D eigenvalue weighted by molar-refractivity contribution is 0.100. The van der Waals surface area contributed by atoms with E-state index in [1.54, 1.807) is 18.2 Å². The van der Waals surface area contributed by atoms with E-state index in [1.165, 1.54) is 32.1 Å². The van der Waals surface area contributed by atoms with Gasteiger partial charge in [0, 0.05) is 17.5 Å². The first-order valence-corrected chi connectivity index (χ1v) is 9.30. The van der Waals surface area contributed by atoms with E-state index in [1.807, 2.05) is 18.2 Å². The molecule has 6 heteroatoms. The summed E-state index contributed by atoms with van der Waals surface area (Å²) in [6.07, 6.45) is 4.74. The Morgan fingerprint density at radius 1 is 1.04 bits per heavy atom. The highest BCUT2D eigenvalue weighted by molar-refractivity contribution is 6.19. The molecule has 0 aliphatic heterocycles. The average molecular weight is 366 g/mol. The second-order valence-electron chi connectivity index (χ2n) is 7.20. The Balaban J connectivity index is 1.99. The minimum Gasteiger partial charge on any atom is -0.449 e. The van der Waals surface area contributed by atoms with E-state index < -0.39 is 12.1 Å². The van der Waals surface area contributed by atoms with Gasteiger partial charge < -0.3 is 20.1 Å².